The van der Waals surface area contributed by atoms with E-state index < -0.39 is 0 Å². The molecule has 2 aromatic rings. The van der Waals surface area contributed by atoms with Crippen LogP contribution >= 0.6 is 0 Å². The second-order valence-electron chi connectivity index (χ2n) is 6.29. The van der Waals surface area contributed by atoms with Crippen molar-refractivity contribution >= 4 is 0 Å². The minimum absolute atomic E-state index is 0.266. The maximum atomic E-state index is 10.6. The van der Waals surface area contributed by atoms with Crippen molar-refractivity contribution in [2.75, 3.05) is 0 Å². The maximum absolute atomic E-state index is 10.6. The highest BCUT2D eigenvalue weighted by Crippen LogP contribution is 2.43. The molecule has 0 aromatic heterocycles. The molecule has 0 saturated carbocycles. The fourth-order valence-electron chi connectivity index (χ4n) is 3.13. The Morgan fingerprint density at radius 1 is 1.05 bits per heavy atom. The second kappa shape index (κ2) is 5.41. The van der Waals surface area contributed by atoms with E-state index >= 15 is 0 Å². The van der Waals surface area contributed by atoms with E-state index in [0.29, 0.717) is 5.92 Å². The van der Waals surface area contributed by atoms with E-state index in [1.807, 2.05) is 0 Å². The first-order valence-corrected chi connectivity index (χ1v) is 7.50. The number of aliphatic hydroxyl groups is 1. The van der Waals surface area contributed by atoms with Crippen LogP contribution in [0.2, 0.25) is 0 Å². The fraction of sp³-hybridized carbons (Fsp3) is 0.368. The van der Waals surface area contributed by atoms with Crippen molar-refractivity contribution in [3.8, 4) is 0 Å². The molecule has 0 saturated heterocycles. The molecule has 1 nitrogen and oxygen atoms in total. The Hall–Kier alpha value is -1.60. The summed E-state index contributed by atoms with van der Waals surface area (Å²) in [4.78, 5) is 0. The minimum atomic E-state index is -0.377. The summed E-state index contributed by atoms with van der Waals surface area (Å²) in [5.41, 5.74) is 5.08. The van der Waals surface area contributed by atoms with Crippen molar-refractivity contribution in [2.45, 2.75) is 38.7 Å². The number of hydrogen-bond acceptors (Lipinski definition) is 1. The SMILES string of the molecule is CC(C)Cc1ccc(C(O)C2Cc3ccccc32)cc1. The van der Waals surface area contributed by atoms with E-state index in [0.717, 1.165) is 18.4 Å². The van der Waals surface area contributed by atoms with Crippen molar-refractivity contribution in [1.82, 2.24) is 0 Å². The fourth-order valence-corrected chi connectivity index (χ4v) is 3.13. The lowest BCUT2D eigenvalue weighted by Crippen LogP contribution is -2.23. The molecule has 3 rings (SSSR count). The Morgan fingerprint density at radius 3 is 2.40 bits per heavy atom. The number of hydrogen-bond donors (Lipinski definition) is 1. The highest BCUT2D eigenvalue weighted by molar-refractivity contribution is 5.42. The van der Waals surface area contributed by atoms with Gasteiger partial charge >= 0.3 is 0 Å². The molecule has 0 amide bonds. The van der Waals surface area contributed by atoms with Gasteiger partial charge in [-0.05, 0) is 41.0 Å². The van der Waals surface area contributed by atoms with Crippen molar-refractivity contribution in [2.24, 2.45) is 5.92 Å². The van der Waals surface area contributed by atoms with Crippen LogP contribution in [0.25, 0.3) is 0 Å². The van der Waals surface area contributed by atoms with Crippen LogP contribution in [0.3, 0.4) is 0 Å². The molecule has 104 valence electrons. The summed E-state index contributed by atoms with van der Waals surface area (Å²) in [5, 5.41) is 10.6. The molecular formula is C19H22O. The van der Waals surface area contributed by atoms with E-state index in [-0.39, 0.29) is 12.0 Å². The molecule has 0 spiro atoms. The van der Waals surface area contributed by atoms with Crippen molar-refractivity contribution in [1.29, 1.82) is 0 Å². The van der Waals surface area contributed by atoms with Crippen LogP contribution in [0.1, 0.15) is 48.1 Å². The molecule has 0 radical (unpaired) electrons. The minimum Gasteiger partial charge on any atom is -0.388 e. The number of aliphatic hydroxyl groups excluding tert-OH is 1. The molecule has 2 atom stereocenters. The molecule has 20 heavy (non-hydrogen) atoms. The Kier molecular flexibility index (Phi) is 3.62. The van der Waals surface area contributed by atoms with Crippen molar-refractivity contribution in [3.63, 3.8) is 0 Å². The molecule has 0 bridgehead atoms. The molecule has 0 fully saturated rings. The van der Waals surface area contributed by atoms with Gasteiger partial charge in [-0.1, -0.05) is 62.4 Å². The molecule has 0 heterocycles. The van der Waals surface area contributed by atoms with Crippen molar-refractivity contribution in [3.05, 3.63) is 70.8 Å². The summed E-state index contributed by atoms with van der Waals surface area (Å²) in [5.74, 6) is 0.937. The lowest BCUT2D eigenvalue weighted by atomic mass is 9.73. The summed E-state index contributed by atoms with van der Waals surface area (Å²) >= 11 is 0. The third-order valence-electron chi connectivity index (χ3n) is 4.24. The van der Waals surface area contributed by atoms with Crippen LogP contribution in [0.5, 0.6) is 0 Å². The van der Waals surface area contributed by atoms with Gasteiger partial charge in [0, 0.05) is 5.92 Å². The first-order valence-electron chi connectivity index (χ1n) is 7.50. The Balaban J connectivity index is 1.74. The average molecular weight is 266 g/mol. The Morgan fingerprint density at radius 2 is 1.75 bits per heavy atom. The van der Waals surface area contributed by atoms with E-state index in [9.17, 15) is 5.11 Å². The average Bonchev–Trinajstić information content (AvgIpc) is 2.40. The van der Waals surface area contributed by atoms with Crippen LogP contribution in [0.15, 0.2) is 48.5 Å². The number of rotatable bonds is 4. The highest BCUT2D eigenvalue weighted by atomic mass is 16.3. The predicted molar refractivity (Wildman–Crippen MR) is 82.8 cm³/mol. The summed E-state index contributed by atoms with van der Waals surface area (Å²) in [6.07, 6.45) is 1.71. The molecule has 2 aromatic carbocycles. The molecule has 2 unspecified atom stereocenters. The van der Waals surface area contributed by atoms with Gasteiger partial charge in [0.2, 0.25) is 0 Å². The molecule has 1 heteroatoms. The van der Waals surface area contributed by atoms with Crippen LogP contribution in [0.4, 0.5) is 0 Å². The summed E-state index contributed by atoms with van der Waals surface area (Å²) < 4.78 is 0. The van der Waals surface area contributed by atoms with E-state index in [4.69, 9.17) is 0 Å². The van der Waals surface area contributed by atoms with Gasteiger partial charge in [0.05, 0.1) is 6.10 Å². The molecule has 1 aliphatic carbocycles. The van der Waals surface area contributed by atoms with Crippen LogP contribution < -0.4 is 0 Å². The van der Waals surface area contributed by atoms with Gasteiger partial charge in [0.1, 0.15) is 0 Å². The summed E-state index contributed by atoms with van der Waals surface area (Å²) in [7, 11) is 0. The first kappa shape index (κ1) is 13.4. The quantitative estimate of drug-likeness (QED) is 0.876. The first-order chi connectivity index (χ1) is 9.65. The van der Waals surface area contributed by atoms with Crippen LogP contribution in [-0.4, -0.2) is 5.11 Å². The normalized spacial score (nSPS) is 18.5. The van der Waals surface area contributed by atoms with Gasteiger partial charge in [-0.15, -0.1) is 0 Å². The van der Waals surface area contributed by atoms with E-state index in [1.165, 1.54) is 16.7 Å². The topological polar surface area (TPSA) is 20.2 Å². The van der Waals surface area contributed by atoms with Gasteiger partial charge in [-0.2, -0.15) is 0 Å². The largest absolute Gasteiger partial charge is 0.388 e. The summed E-state index contributed by atoms with van der Waals surface area (Å²) in [6, 6.07) is 16.9. The van der Waals surface area contributed by atoms with Crippen molar-refractivity contribution < 1.29 is 5.11 Å². The summed E-state index contributed by atoms with van der Waals surface area (Å²) in [6.45, 7) is 4.46. The third-order valence-corrected chi connectivity index (χ3v) is 4.24. The standard InChI is InChI=1S/C19H22O/c1-13(2)11-14-7-9-15(10-8-14)19(20)18-12-16-5-3-4-6-17(16)18/h3-10,13,18-20H,11-12H2,1-2H3. The lowest BCUT2D eigenvalue weighted by molar-refractivity contribution is 0.134. The Bertz CT molecular complexity index is 583. The van der Waals surface area contributed by atoms with Crippen LogP contribution in [-0.2, 0) is 12.8 Å². The van der Waals surface area contributed by atoms with Crippen LogP contribution in [0, 0.1) is 5.92 Å². The monoisotopic (exact) mass is 266 g/mol. The van der Waals surface area contributed by atoms with Gasteiger partial charge < -0.3 is 5.11 Å². The van der Waals surface area contributed by atoms with E-state index in [2.05, 4.69) is 62.4 Å². The van der Waals surface area contributed by atoms with Gasteiger partial charge in [-0.25, -0.2) is 0 Å². The second-order valence-corrected chi connectivity index (χ2v) is 6.29. The molecule has 1 N–H and O–H groups in total. The van der Waals surface area contributed by atoms with Gasteiger partial charge in [0.15, 0.2) is 0 Å². The molecule has 1 aliphatic rings. The highest BCUT2D eigenvalue weighted by Gasteiger charge is 2.32. The number of fused-ring (bicyclic) bond motifs is 1. The molecule has 0 aliphatic heterocycles. The smallest absolute Gasteiger partial charge is 0.0861 e. The molecular weight excluding hydrogens is 244 g/mol. The van der Waals surface area contributed by atoms with Gasteiger partial charge in [0.25, 0.3) is 0 Å². The predicted octanol–water partition coefficient (Wildman–Crippen LogP) is 4.26. The third kappa shape index (κ3) is 2.51. The maximum Gasteiger partial charge on any atom is 0.0861 e. The lowest BCUT2D eigenvalue weighted by Gasteiger charge is -2.34. The van der Waals surface area contributed by atoms with Gasteiger partial charge in [-0.3, -0.25) is 0 Å². The zero-order valence-electron chi connectivity index (χ0n) is 12.2. The number of benzene rings is 2. The zero-order valence-corrected chi connectivity index (χ0v) is 12.2. The Labute approximate surface area is 121 Å². The zero-order chi connectivity index (χ0) is 14.1. The van der Waals surface area contributed by atoms with E-state index in [1.54, 1.807) is 0 Å².